The van der Waals surface area contributed by atoms with Crippen LogP contribution < -0.4 is 0 Å². The fraction of sp³-hybridized carbons (Fsp3) is 0.727. The molecule has 0 aromatic rings. The summed E-state index contributed by atoms with van der Waals surface area (Å²) in [6.45, 7) is 2.96. The van der Waals surface area contributed by atoms with Crippen LogP contribution in [0.5, 0.6) is 0 Å². The fourth-order valence-electron chi connectivity index (χ4n) is 1.75. The Morgan fingerprint density at radius 2 is 2.19 bits per heavy atom. The van der Waals surface area contributed by atoms with Gasteiger partial charge in [0.25, 0.3) is 0 Å². The molecule has 1 fully saturated rings. The molecule has 2 aliphatic rings. The Labute approximate surface area is 95.7 Å². The number of nitrogens with zero attached hydrogens (tertiary/aromatic N) is 2. The quantitative estimate of drug-likeness (QED) is 0.615. The van der Waals surface area contributed by atoms with E-state index in [1.54, 1.807) is 5.01 Å². The maximum absolute atomic E-state index is 5.70. The third-order valence-electron chi connectivity index (χ3n) is 2.46. The molecule has 0 aliphatic carbocycles. The molecular formula is C11H18N2O3. The summed E-state index contributed by atoms with van der Waals surface area (Å²) in [6, 6.07) is 0. The third-order valence-corrected chi connectivity index (χ3v) is 2.46. The van der Waals surface area contributed by atoms with Crippen LogP contribution in [0.2, 0.25) is 0 Å². The van der Waals surface area contributed by atoms with Crippen molar-refractivity contribution < 1.29 is 14.2 Å². The first-order valence-corrected chi connectivity index (χ1v) is 5.47. The molecule has 5 heteroatoms. The van der Waals surface area contributed by atoms with Crippen LogP contribution in [0.1, 0.15) is 6.92 Å². The molecule has 0 aromatic heterocycles. The van der Waals surface area contributed by atoms with Crippen LogP contribution in [0, 0.1) is 0 Å². The second-order valence-electron chi connectivity index (χ2n) is 4.15. The van der Waals surface area contributed by atoms with Crippen LogP contribution in [-0.2, 0) is 14.2 Å². The number of hydrazone groups is 1. The van der Waals surface area contributed by atoms with Crippen molar-refractivity contribution in [2.75, 3.05) is 27.3 Å². The van der Waals surface area contributed by atoms with Crippen LogP contribution in [0.25, 0.3) is 0 Å². The van der Waals surface area contributed by atoms with E-state index in [-0.39, 0.29) is 18.5 Å². The SMILES string of the molecule is C[C@@H]1OC[C@H]2OC/C(=N\N(C)C)C=C[C@@H]2O1. The van der Waals surface area contributed by atoms with Crippen molar-refractivity contribution in [1.29, 1.82) is 0 Å². The van der Waals surface area contributed by atoms with Gasteiger partial charge in [0.15, 0.2) is 6.29 Å². The molecule has 0 unspecified atom stereocenters. The van der Waals surface area contributed by atoms with Crippen molar-refractivity contribution >= 4 is 5.71 Å². The summed E-state index contributed by atoms with van der Waals surface area (Å²) < 4.78 is 16.7. The minimum Gasteiger partial charge on any atom is -0.366 e. The van der Waals surface area contributed by atoms with E-state index in [0.717, 1.165) is 5.71 Å². The molecule has 2 heterocycles. The summed E-state index contributed by atoms with van der Waals surface area (Å²) in [4.78, 5) is 0. The van der Waals surface area contributed by atoms with E-state index in [1.807, 2.05) is 33.2 Å². The summed E-state index contributed by atoms with van der Waals surface area (Å²) in [5, 5.41) is 6.08. The molecule has 2 aliphatic heterocycles. The molecule has 0 N–H and O–H groups in total. The Balaban J connectivity index is 2.06. The van der Waals surface area contributed by atoms with Crippen molar-refractivity contribution in [3.05, 3.63) is 12.2 Å². The summed E-state index contributed by atoms with van der Waals surface area (Å²) in [5.41, 5.74) is 0.899. The number of ether oxygens (including phenoxy) is 3. The smallest absolute Gasteiger partial charge is 0.155 e. The van der Waals surface area contributed by atoms with E-state index in [1.165, 1.54) is 0 Å². The lowest BCUT2D eigenvalue weighted by molar-refractivity contribution is -0.237. The standard InChI is InChI=1S/C11H18N2O3/c1-8-14-7-11-10(16-8)5-4-9(6-15-11)12-13(2)3/h4-5,8,10-11H,6-7H2,1-3H3/b12-9-/t8-,10+,11-/m1/s1. The molecule has 0 amide bonds. The van der Waals surface area contributed by atoms with E-state index < -0.39 is 0 Å². The fourth-order valence-corrected chi connectivity index (χ4v) is 1.75. The highest BCUT2D eigenvalue weighted by molar-refractivity contribution is 5.96. The summed E-state index contributed by atoms with van der Waals surface area (Å²) in [5.74, 6) is 0. The zero-order valence-electron chi connectivity index (χ0n) is 9.92. The lowest BCUT2D eigenvalue weighted by Gasteiger charge is -2.32. The van der Waals surface area contributed by atoms with Crippen LogP contribution in [0.15, 0.2) is 17.3 Å². The summed E-state index contributed by atoms with van der Waals surface area (Å²) in [6.07, 6.45) is 3.74. The third kappa shape index (κ3) is 2.81. The Kier molecular flexibility index (Phi) is 3.58. The molecule has 5 nitrogen and oxygen atoms in total. The minimum atomic E-state index is -0.165. The molecule has 0 radical (unpaired) electrons. The first kappa shape index (κ1) is 11.6. The van der Waals surface area contributed by atoms with Crippen molar-refractivity contribution in [3.8, 4) is 0 Å². The maximum atomic E-state index is 5.70. The van der Waals surface area contributed by atoms with E-state index in [0.29, 0.717) is 13.2 Å². The van der Waals surface area contributed by atoms with E-state index in [2.05, 4.69) is 5.10 Å². The molecule has 16 heavy (non-hydrogen) atoms. The largest absolute Gasteiger partial charge is 0.366 e. The highest BCUT2D eigenvalue weighted by Gasteiger charge is 2.30. The topological polar surface area (TPSA) is 43.3 Å². The van der Waals surface area contributed by atoms with Gasteiger partial charge in [-0.25, -0.2) is 0 Å². The minimum absolute atomic E-state index is 0.0256. The normalized spacial score (nSPS) is 36.9. The molecular weight excluding hydrogens is 208 g/mol. The number of hydrogen-bond acceptors (Lipinski definition) is 5. The van der Waals surface area contributed by atoms with E-state index in [9.17, 15) is 0 Å². The molecule has 90 valence electrons. The molecule has 1 saturated heterocycles. The van der Waals surface area contributed by atoms with Gasteiger partial charge in [-0.05, 0) is 13.0 Å². The van der Waals surface area contributed by atoms with Gasteiger partial charge in [0.2, 0.25) is 0 Å². The average Bonchev–Trinajstić information content (AvgIpc) is 2.40. The Morgan fingerprint density at radius 3 is 2.94 bits per heavy atom. The van der Waals surface area contributed by atoms with Crippen molar-refractivity contribution in [2.24, 2.45) is 5.10 Å². The van der Waals surface area contributed by atoms with Gasteiger partial charge in [-0.15, -0.1) is 0 Å². The predicted octanol–water partition coefficient (Wildman–Crippen LogP) is 0.620. The number of hydrogen-bond donors (Lipinski definition) is 0. The number of fused-ring (bicyclic) bond motifs is 1. The van der Waals surface area contributed by atoms with Crippen LogP contribution in [0.3, 0.4) is 0 Å². The average molecular weight is 226 g/mol. The van der Waals surface area contributed by atoms with Crippen LogP contribution >= 0.6 is 0 Å². The van der Waals surface area contributed by atoms with Gasteiger partial charge < -0.3 is 19.2 Å². The van der Waals surface area contributed by atoms with Crippen molar-refractivity contribution in [1.82, 2.24) is 5.01 Å². The van der Waals surface area contributed by atoms with Gasteiger partial charge in [0, 0.05) is 14.1 Å². The molecule has 0 saturated carbocycles. The Hall–Kier alpha value is -0.910. The van der Waals surface area contributed by atoms with Gasteiger partial charge in [-0.1, -0.05) is 6.08 Å². The first-order chi connectivity index (χ1) is 7.65. The Morgan fingerprint density at radius 1 is 1.38 bits per heavy atom. The second kappa shape index (κ2) is 4.95. The van der Waals surface area contributed by atoms with Gasteiger partial charge in [-0.2, -0.15) is 5.10 Å². The predicted molar refractivity (Wildman–Crippen MR) is 60.3 cm³/mol. The van der Waals surface area contributed by atoms with Crippen molar-refractivity contribution in [2.45, 2.75) is 25.4 Å². The molecule has 0 spiro atoms. The summed E-state index contributed by atoms with van der Waals surface area (Å²) >= 11 is 0. The molecule has 0 bridgehead atoms. The highest BCUT2D eigenvalue weighted by Crippen LogP contribution is 2.19. The lowest BCUT2D eigenvalue weighted by Crippen LogP contribution is -2.42. The monoisotopic (exact) mass is 226 g/mol. The van der Waals surface area contributed by atoms with Gasteiger partial charge >= 0.3 is 0 Å². The Bertz CT molecular complexity index is 302. The van der Waals surface area contributed by atoms with Gasteiger partial charge in [0.05, 0.1) is 18.9 Å². The zero-order chi connectivity index (χ0) is 11.5. The first-order valence-electron chi connectivity index (χ1n) is 5.47. The number of rotatable bonds is 1. The van der Waals surface area contributed by atoms with E-state index >= 15 is 0 Å². The van der Waals surface area contributed by atoms with Crippen LogP contribution in [0.4, 0.5) is 0 Å². The van der Waals surface area contributed by atoms with Gasteiger partial charge in [-0.3, -0.25) is 0 Å². The van der Waals surface area contributed by atoms with Crippen molar-refractivity contribution in [3.63, 3.8) is 0 Å². The molecule has 3 atom stereocenters. The van der Waals surface area contributed by atoms with Crippen LogP contribution in [-0.4, -0.2) is 56.5 Å². The molecule has 0 aromatic carbocycles. The maximum Gasteiger partial charge on any atom is 0.155 e. The van der Waals surface area contributed by atoms with Gasteiger partial charge in [0.1, 0.15) is 12.2 Å². The lowest BCUT2D eigenvalue weighted by atomic mass is 10.2. The molecule has 2 rings (SSSR count). The summed E-state index contributed by atoms with van der Waals surface area (Å²) in [7, 11) is 3.78. The van der Waals surface area contributed by atoms with E-state index in [4.69, 9.17) is 14.2 Å². The zero-order valence-corrected chi connectivity index (χ0v) is 9.92. The second-order valence-corrected chi connectivity index (χ2v) is 4.15. The highest BCUT2D eigenvalue weighted by atomic mass is 16.7.